The smallest absolute Gasteiger partial charge is 0.341 e. The first-order chi connectivity index (χ1) is 13.8. The largest absolute Gasteiger partial charge is 0.487 e. The van der Waals surface area contributed by atoms with Crippen LogP contribution in [0.4, 0.5) is 4.79 Å². The van der Waals surface area contributed by atoms with Crippen molar-refractivity contribution in [2.24, 2.45) is 0 Å². The molecule has 0 spiro atoms. The van der Waals surface area contributed by atoms with Crippen molar-refractivity contribution in [3.05, 3.63) is 28.2 Å². The molecule has 1 aromatic carbocycles. The van der Waals surface area contributed by atoms with Gasteiger partial charge in [0.1, 0.15) is 17.9 Å². The van der Waals surface area contributed by atoms with Gasteiger partial charge in [0.25, 0.3) is 0 Å². The summed E-state index contributed by atoms with van der Waals surface area (Å²) in [7, 11) is 0. The van der Waals surface area contributed by atoms with Gasteiger partial charge in [0.15, 0.2) is 0 Å². The molecule has 3 atom stereocenters. The van der Waals surface area contributed by atoms with Gasteiger partial charge in [-0.2, -0.15) is 5.06 Å². The van der Waals surface area contributed by atoms with Gasteiger partial charge < -0.3 is 15.2 Å². The fraction of sp³-hybridized carbons (Fsp3) is 0.600. The Morgan fingerprint density at radius 2 is 2.00 bits per heavy atom. The van der Waals surface area contributed by atoms with Gasteiger partial charge in [0, 0.05) is 11.4 Å². The van der Waals surface area contributed by atoms with Crippen LogP contribution >= 0.6 is 23.2 Å². The van der Waals surface area contributed by atoms with E-state index in [0.717, 1.165) is 30.7 Å². The second-order valence-electron chi connectivity index (χ2n) is 7.26. The number of hydroxylamine groups is 2. The molecule has 7 nitrogen and oxygen atoms in total. The number of halogens is 2. The summed E-state index contributed by atoms with van der Waals surface area (Å²) in [6.07, 6.45) is 4.95. The Hall–Kier alpha value is -1.70. The average molecular weight is 447 g/mol. The van der Waals surface area contributed by atoms with E-state index in [4.69, 9.17) is 33.0 Å². The molecule has 0 aromatic heterocycles. The number of amides is 2. The molecule has 3 unspecified atom stereocenters. The van der Waals surface area contributed by atoms with Crippen molar-refractivity contribution in [1.82, 2.24) is 10.4 Å². The number of carbonyl (C=O) groups excluding carboxylic acids is 1. The molecule has 2 rings (SSSR count). The molecule has 9 heteroatoms. The van der Waals surface area contributed by atoms with Crippen molar-refractivity contribution in [3.63, 3.8) is 0 Å². The maximum atomic E-state index is 12.1. The van der Waals surface area contributed by atoms with Crippen molar-refractivity contribution >= 4 is 35.2 Å². The summed E-state index contributed by atoms with van der Waals surface area (Å²) >= 11 is 12.2. The zero-order valence-corrected chi connectivity index (χ0v) is 18.0. The van der Waals surface area contributed by atoms with Gasteiger partial charge in [-0.05, 0) is 37.5 Å². The van der Waals surface area contributed by atoms with Gasteiger partial charge in [0.2, 0.25) is 0 Å². The highest BCUT2D eigenvalue weighted by atomic mass is 35.5. The molecule has 0 saturated carbocycles. The molecule has 0 radical (unpaired) electrons. The number of hydrogen-bond acceptors (Lipinski definition) is 4. The molecule has 0 aliphatic carbocycles. The minimum atomic E-state index is -0.788. The van der Waals surface area contributed by atoms with E-state index in [1.807, 2.05) is 6.92 Å². The van der Waals surface area contributed by atoms with Crippen molar-refractivity contribution in [2.75, 3.05) is 0 Å². The summed E-state index contributed by atoms with van der Waals surface area (Å²) in [5, 5.41) is 23.4. The molecule has 1 heterocycles. The van der Waals surface area contributed by atoms with E-state index < -0.39 is 24.1 Å². The highest BCUT2D eigenvalue weighted by Gasteiger charge is 2.44. The lowest BCUT2D eigenvalue weighted by Crippen LogP contribution is -2.47. The number of rotatable bonds is 12. The highest BCUT2D eigenvalue weighted by Crippen LogP contribution is 2.32. The third-order valence-corrected chi connectivity index (χ3v) is 5.52. The number of benzene rings is 1. The van der Waals surface area contributed by atoms with Crippen LogP contribution in [0.25, 0.3) is 0 Å². The molecule has 0 bridgehead atoms. The molecule has 3 N–H and O–H groups in total. The van der Waals surface area contributed by atoms with Crippen LogP contribution in [0, 0.1) is 0 Å². The predicted molar refractivity (Wildman–Crippen MR) is 111 cm³/mol. The number of nitrogens with one attached hydrogen (secondary N) is 1. The number of unbranched alkanes of at least 4 members (excludes halogenated alkanes) is 3. The first-order valence-electron chi connectivity index (χ1n) is 9.95. The fourth-order valence-corrected chi connectivity index (χ4v) is 4.04. The maximum absolute atomic E-state index is 12.1. The number of carboxylic acid groups (broad SMARTS) is 1. The van der Waals surface area contributed by atoms with Crippen molar-refractivity contribution < 1.29 is 24.6 Å². The lowest BCUT2D eigenvalue weighted by molar-refractivity contribution is -0.137. The summed E-state index contributed by atoms with van der Waals surface area (Å²) < 4.78 is 6.10. The first kappa shape index (κ1) is 23.6. The van der Waals surface area contributed by atoms with Crippen LogP contribution in [-0.4, -0.2) is 45.6 Å². The number of aliphatic carboxylic acids is 1. The molecule has 162 valence electrons. The molecule has 1 aliphatic heterocycles. The third-order valence-electron chi connectivity index (χ3n) is 4.99. The van der Waals surface area contributed by atoms with Crippen LogP contribution in [0.5, 0.6) is 5.75 Å². The monoisotopic (exact) mass is 446 g/mol. The second kappa shape index (κ2) is 11.5. The summed E-state index contributed by atoms with van der Waals surface area (Å²) in [4.78, 5) is 22.7. The van der Waals surface area contributed by atoms with E-state index in [1.165, 1.54) is 0 Å². The number of carboxylic acids is 1. The number of urea groups is 1. The minimum absolute atomic E-state index is 0.168. The zero-order chi connectivity index (χ0) is 21.4. The number of carbonyl (C=O) groups is 2. The molecular formula is C20H28Cl2N2O5. The van der Waals surface area contributed by atoms with E-state index in [2.05, 4.69) is 5.32 Å². The van der Waals surface area contributed by atoms with Crippen molar-refractivity contribution in [1.29, 1.82) is 0 Å². The topological polar surface area (TPSA) is 99.1 Å². The van der Waals surface area contributed by atoms with Crippen molar-refractivity contribution in [2.45, 2.75) is 76.5 Å². The molecule has 1 aliphatic rings. The summed E-state index contributed by atoms with van der Waals surface area (Å²) in [6, 6.07) is 3.58. The van der Waals surface area contributed by atoms with E-state index in [0.29, 0.717) is 35.1 Å². The second-order valence-corrected chi connectivity index (χ2v) is 8.10. The van der Waals surface area contributed by atoms with Gasteiger partial charge in [0.05, 0.1) is 11.1 Å². The summed E-state index contributed by atoms with van der Waals surface area (Å²) in [6.45, 7) is 2.00. The Bertz CT molecular complexity index is 703. The van der Waals surface area contributed by atoms with E-state index in [1.54, 1.807) is 18.2 Å². The van der Waals surface area contributed by atoms with Crippen LogP contribution < -0.4 is 10.1 Å². The Kier molecular flexibility index (Phi) is 9.33. The molecular weight excluding hydrogens is 419 g/mol. The lowest BCUT2D eigenvalue weighted by Gasteiger charge is -2.31. The molecule has 2 amide bonds. The Morgan fingerprint density at radius 3 is 2.66 bits per heavy atom. The van der Waals surface area contributed by atoms with Crippen LogP contribution in [0.1, 0.15) is 58.3 Å². The van der Waals surface area contributed by atoms with E-state index in [9.17, 15) is 14.8 Å². The Balaban J connectivity index is 2.01. The number of hydrogen-bond donors (Lipinski definition) is 3. The first-order valence-corrected chi connectivity index (χ1v) is 10.7. The van der Waals surface area contributed by atoms with E-state index in [-0.39, 0.29) is 12.5 Å². The molecule has 1 aromatic rings. The molecule has 1 fully saturated rings. The maximum Gasteiger partial charge on any atom is 0.341 e. The molecule has 1 saturated heterocycles. The normalized spacial score (nSPS) is 19.9. The third kappa shape index (κ3) is 6.94. The van der Waals surface area contributed by atoms with E-state index >= 15 is 0 Å². The van der Waals surface area contributed by atoms with Crippen LogP contribution in [0.2, 0.25) is 10.0 Å². The summed E-state index contributed by atoms with van der Waals surface area (Å²) in [5.41, 5.74) is 0. The van der Waals surface area contributed by atoms with Crippen LogP contribution in [0.3, 0.4) is 0 Å². The van der Waals surface area contributed by atoms with Crippen LogP contribution in [-0.2, 0) is 4.79 Å². The zero-order valence-electron chi connectivity index (χ0n) is 16.4. The Morgan fingerprint density at radius 1 is 1.28 bits per heavy atom. The molecule has 29 heavy (non-hydrogen) atoms. The van der Waals surface area contributed by atoms with Gasteiger partial charge in [-0.15, -0.1) is 0 Å². The Labute approximate surface area is 180 Å². The standard InChI is InChI=1S/C20H28Cl2N2O5/c1-2-7-17(29-16-11-10-13(21)12-14(16)22)19-15(23-20(27)24(19)28)8-5-3-4-6-9-18(25)26/h10-12,15,17,19,28H,2-9H2,1H3,(H,23,27)(H,25,26). The van der Waals surface area contributed by atoms with Gasteiger partial charge in [-0.1, -0.05) is 55.8 Å². The predicted octanol–water partition coefficient (Wildman–Crippen LogP) is 5.12. The van der Waals surface area contributed by atoms with Crippen molar-refractivity contribution in [3.8, 4) is 5.75 Å². The van der Waals surface area contributed by atoms with Gasteiger partial charge in [-0.25, -0.2) is 4.79 Å². The quantitative estimate of drug-likeness (QED) is 0.305. The number of ether oxygens (including phenoxy) is 1. The summed E-state index contributed by atoms with van der Waals surface area (Å²) in [5.74, 6) is -0.334. The average Bonchev–Trinajstić information content (AvgIpc) is 2.93. The highest BCUT2D eigenvalue weighted by molar-refractivity contribution is 6.35. The van der Waals surface area contributed by atoms with Gasteiger partial charge in [-0.3, -0.25) is 10.0 Å². The van der Waals surface area contributed by atoms with Gasteiger partial charge >= 0.3 is 12.0 Å². The fourth-order valence-electron chi connectivity index (χ4n) is 3.59. The SMILES string of the molecule is CCCC(Oc1ccc(Cl)cc1Cl)C1C(CCCCCCC(=O)O)NC(=O)N1O. The number of nitrogens with zero attached hydrogens (tertiary/aromatic N) is 1. The van der Waals surface area contributed by atoms with Crippen LogP contribution in [0.15, 0.2) is 18.2 Å². The lowest BCUT2D eigenvalue weighted by atomic mass is 9.95. The minimum Gasteiger partial charge on any atom is -0.487 e.